The molecule has 0 saturated carbocycles. The Bertz CT molecular complexity index is 372. The molecular weight excluding hydrogens is 196 g/mol. The van der Waals surface area contributed by atoms with Crippen LogP contribution in [0.2, 0.25) is 0 Å². The summed E-state index contributed by atoms with van der Waals surface area (Å²) in [5, 5.41) is 7.77. The Balaban J connectivity index is 3.23. The highest BCUT2D eigenvalue weighted by atomic mass is 35.5. The van der Waals surface area contributed by atoms with Gasteiger partial charge in [0, 0.05) is 11.1 Å². The molecule has 1 heterocycles. The number of carbonyl (C=O) groups excluding carboxylic acids is 1. The van der Waals surface area contributed by atoms with Crippen LogP contribution in [0, 0.1) is 11.3 Å². The molecule has 5 heteroatoms. The summed E-state index contributed by atoms with van der Waals surface area (Å²) in [6, 6.07) is 3.30. The van der Waals surface area contributed by atoms with Gasteiger partial charge in [0.1, 0.15) is 11.8 Å². The molecule has 0 atom stereocenters. The van der Waals surface area contributed by atoms with Crippen molar-refractivity contribution in [2.24, 2.45) is 0 Å². The van der Waals surface area contributed by atoms with Crippen molar-refractivity contribution in [3.63, 3.8) is 0 Å². The molecule has 0 aliphatic carbocycles. The number of aromatic nitrogens is 1. The number of carbonyl (C=O) groups is 1. The lowest BCUT2D eigenvalue weighted by atomic mass is 10.3. The molecule has 0 amide bonds. The number of hydrogen-bond donors (Lipinski definition) is 1. The van der Waals surface area contributed by atoms with Crippen molar-refractivity contribution in [2.45, 2.75) is 4.90 Å². The molecule has 0 N–H and O–H groups in total. The van der Waals surface area contributed by atoms with E-state index in [2.05, 4.69) is 17.6 Å². The largest absolute Gasteiger partial charge is 0.274 e. The lowest BCUT2D eigenvalue weighted by molar-refractivity contribution is 0.107. The van der Waals surface area contributed by atoms with Gasteiger partial charge in [0.25, 0.3) is 5.24 Å². The van der Waals surface area contributed by atoms with Crippen LogP contribution in [-0.2, 0) is 0 Å². The highest BCUT2D eigenvalue weighted by Gasteiger charge is 2.08. The first-order chi connectivity index (χ1) is 5.65. The van der Waals surface area contributed by atoms with Crippen molar-refractivity contribution >= 4 is 29.5 Å². The van der Waals surface area contributed by atoms with Crippen LogP contribution in [0.25, 0.3) is 0 Å². The zero-order valence-corrected chi connectivity index (χ0v) is 7.43. The van der Waals surface area contributed by atoms with Crippen LogP contribution in [0.4, 0.5) is 0 Å². The summed E-state index contributed by atoms with van der Waals surface area (Å²) in [5.74, 6) is 0. The van der Waals surface area contributed by atoms with Gasteiger partial charge in [-0.25, -0.2) is 4.98 Å². The number of thiol groups is 1. The highest BCUT2D eigenvalue weighted by molar-refractivity contribution is 7.80. The molecule has 0 radical (unpaired) electrons. The summed E-state index contributed by atoms with van der Waals surface area (Å²) < 4.78 is 0. The number of pyridine rings is 1. The molecule has 0 saturated heterocycles. The maximum Gasteiger partial charge on any atom is 0.271 e. The third-order valence-electron chi connectivity index (χ3n) is 1.18. The minimum atomic E-state index is -0.676. The summed E-state index contributed by atoms with van der Waals surface area (Å²) in [5.41, 5.74) is 0.417. The van der Waals surface area contributed by atoms with E-state index in [4.69, 9.17) is 16.9 Å². The molecule has 3 nitrogen and oxygen atoms in total. The van der Waals surface area contributed by atoms with Crippen LogP contribution < -0.4 is 0 Å². The minimum Gasteiger partial charge on any atom is -0.274 e. The van der Waals surface area contributed by atoms with Gasteiger partial charge in [0.2, 0.25) is 0 Å². The number of nitrogens with zero attached hydrogens (tertiary/aromatic N) is 2. The van der Waals surface area contributed by atoms with Gasteiger partial charge in [0.05, 0.1) is 5.56 Å². The summed E-state index contributed by atoms with van der Waals surface area (Å²) in [7, 11) is 0. The lowest BCUT2D eigenvalue weighted by Crippen LogP contribution is -1.96. The van der Waals surface area contributed by atoms with Crippen molar-refractivity contribution in [2.75, 3.05) is 0 Å². The van der Waals surface area contributed by atoms with E-state index in [1.165, 1.54) is 12.3 Å². The first kappa shape index (κ1) is 9.04. The van der Waals surface area contributed by atoms with E-state index in [9.17, 15) is 4.79 Å². The van der Waals surface area contributed by atoms with Crippen molar-refractivity contribution in [1.29, 1.82) is 5.26 Å². The predicted octanol–water partition coefficient (Wildman–Crippen LogP) is 1.62. The highest BCUT2D eigenvalue weighted by Crippen LogP contribution is 2.14. The molecule has 12 heavy (non-hydrogen) atoms. The maximum absolute atomic E-state index is 10.6. The van der Waals surface area contributed by atoms with Gasteiger partial charge >= 0.3 is 0 Å². The summed E-state index contributed by atoms with van der Waals surface area (Å²) in [6.45, 7) is 0. The van der Waals surface area contributed by atoms with Crippen LogP contribution in [0.3, 0.4) is 0 Å². The summed E-state index contributed by atoms with van der Waals surface area (Å²) in [6.07, 6.45) is 1.27. The van der Waals surface area contributed by atoms with E-state index in [0.717, 1.165) is 0 Å². The van der Waals surface area contributed by atoms with E-state index in [0.29, 0.717) is 10.5 Å². The molecule has 0 aliphatic heterocycles. The zero-order valence-electron chi connectivity index (χ0n) is 5.78. The first-order valence-corrected chi connectivity index (χ1v) is 3.76. The molecule has 60 valence electrons. The van der Waals surface area contributed by atoms with E-state index in [1.54, 1.807) is 0 Å². The number of rotatable bonds is 1. The molecule has 1 aromatic heterocycles. The van der Waals surface area contributed by atoms with E-state index in [1.807, 2.05) is 6.07 Å². The summed E-state index contributed by atoms with van der Waals surface area (Å²) >= 11 is 9.11. The van der Waals surface area contributed by atoms with Gasteiger partial charge in [-0.15, -0.1) is 12.6 Å². The number of hydrogen-bond acceptors (Lipinski definition) is 4. The summed E-state index contributed by atoms with van der Waals surface area (Å²) in [4.78, 5) is 14.6. The van der Waals surface area contributed by atoms with Crippen LogP contribution in [0.1, 0.15) is 16.1 Å². The third kappa shape index (κ3) is 1.76. The van der Waals surface area contributed by atoms with E-state index < -0.39 is 5.24 Å². The van der Waals surface area contributed by atoms with Gasteiger partial charge in [0.15, 0.2) is 0 Å². The molecule has 0 fully saturated rings. The second kappa shape index (κ2) is 3.57. The third-order valence-corrected chi connectivity index (χ3v) is 1.70. The average Bonchev–Trinajstić information content (AvgIpc) is 2.03. The molecule has 0 aromatic carbocycles. The number of halogens is 1. The Labute approximate surface area is 79.4 Å². The van der Waals surface area contributed by atoms with E-state index >= 15 is 0 Å². The molecular formula is C7H3ClN2OS. The normalized spacial score (nSPS) is 9.08. The number of nitriles is 1. The van der Waals surface area contributed by atoms with Crippen molar-refractivity contribution in [3.05, 3.63) is 23.5 Å². The SMILES string of the molecule is N#Cc1cnc(C(=O)Cl)c(S)c1. The quantitative estimate of drug-likeness (QED) is 0.551. The Hall–Kier alpha value is -1.05. The van der Waals surface area contributed by atoms with Crippen LogP contribution in [-0.4, -0.2) is 10.2 Å². The van der Waals surface area contributed by atoms with Crippen molar-refractivity contribution in [1.82, 2.24) is 4.98 Å². The van der Waals surface area contributed by atoms with Crippen LogP contribution in [0.15, 0.2) is 17.2 Å². The fourth-order valence-corrected chi connectivity index (χ4v) is 1.18. The zero-order chi connectivity index (χ0) is 9.14. The fourth-order valence-electron chi connectivity index (χ4n) is 0.666. The molecule has 1 rings (SSSR count). The second-order valence-electron chi connectivity index (χ2n) is 1.98. The second-order valence-corrected chi connectivity index (χ2v) is 2.80. The Morgan fingerprint density at radius 3 is 2.83 bits per heavy atom. The van der Waals surface area contributed by atoms with Crippen molar-refractivity contribution < 1.29 is 4.79 Å². The molecule has 1 aromatic rings. The minimum absolute atomic E-state index is 0.0685. The smallest absolute Gasteiger partial charge is 0.271 e. The Morgan fingerprint density at radius 1 is 1.75 bits per heavy atom. The topological polar surface area (TPSA) is 53.8 Å². The monoisotopic (exact) mass is 198 g/mol. The lowest BCUT2D eigenvalue weighted by Gasteiger charge is -1.96. The van der Waals surface area contributed by atoms with Crippen molar-refractivity contribution in [3.8, 4) is 6.07 Å². The molecule has 0 spiro atoms. The fraction of sp³-hybridized carbons (Fsp3) is 0. The van der Waals surface area contributed by atoms with Crippen LogP contribution >= 0.6 is 24.2 Å². The van der Waals surface area contributed by atoms with Gasteiger partial charge in [-0.3, -0.25) is 4.79 Å². The van der Waals surface area contributed by atoms with Crippen LogP contribution in [0.5, 0.6) is 0 Å². The van der Waals surface area contributed by atoms with Gasteiger partial charge in [-0.1, -0.05) is 0 Å². The first-order valence-electron chi connectivity index (χ1n) is 2.94. The van der Waals surface area contributed by atoms with Gasteiger partial charge in [-0.05, 0) is 17.7 Å². The maximum atomic E-state index is 10.6. The molecule has 0 aliphatic rings. The molecule has 0 unspecified atom stereocenters. The predicted molar refractivity (Wildman–Crippen MR) is 46.4 cm³/mol. The van der Waals surface area contributed by atoms with Gasteiger partial charge in [-0.2, -0.15) is 5.26 Å². The standard InChI is InChI=1S/C7H3ClN2OS/c8-7(11)6-5(12)1-4(2-9)3-10-6/h1,3,12H. The Morgan fingerprint density at radius 2 is 2.42 bits per heavy atom. The average molecular weight is 199 g/mol. The Kier molecular flexibility index (Phi) is 2.69. The van der Waals surface area contributed by atoms with E-state index in [-0.39, 0.29) is 5.69 Å². The van der Waals surface area contributed by atoms with Gasteiger partial charge < -0.3 is 0 Å². The molecule has 0 bridgehead atoms.